The van der Waals surface area contributed by atoms with Crippen LogP contribution in [0.25, 0.3) is 0 Å². The van der Waals surface area contributed by atoms with Gasteiger partial charge >= 0.3 is 6.03 Å². The second kappa shape index (κ2) is 8.06. The van der Waals surface area contributed by atoms with Crippen LogP contribution >= 0.6 is 0 Å². The molecule has 0 bridgehead atoms. The molecular weight excluding hydrogens is 364 g/mol. The van der Waals surface area contributed by atoms with E-state index < -0.39 is 10.0 Å². The van der Waals surface area contributed by atoms with Gasteiger partial charge in [0.25, 0.3) is 0 Å². The predicted octanol–water partition coefficient (Wildman–Crippen LogP) is 2.02. The number of likely N-dealkylation sites (tertiary alicyclic amines) is 1. The molecule has 2 heterocycles. The van der Waals surface area contributed by atoms with Crippen molar-refractivity contribution in [2.45, 2.75) is 37.8 Å². The van der Waals surface area contributed by atoms with Crippen molar-refractivity contribution >= 4 is 21.7 Å². The highest BCUT2D eigenvalue weighted by molar-refractivity contribution is 7.88. The van der Waals surface area contributed by atoms with Crippen molar-refractivity contribution < 1.29 is 13.2 Å². The lowest BCUT2D eigenvalue weighted by Gasteiger charge is -2.33. The summed E-state index contributed by atoms with van der Waals surface area (Å²) in [5, 5.41) is 3.07. The third-order valence-electron chi connectivity index (χ3n) is 5.47. The van der Waals surface area contributed by atoms with E-state index in [1.807, 2.05) is 25.1 Å². The Balaban J connectivity index is 1.68. The number of benzene rings is 1. The normalized spacial score (nSPS) is 24.0. The fourth-order valence-corrected chi connectivity index (χ4v) is 4.90. The van der Waals surface area contributed by atoms with Crippen LogP contribution in [-0.4, -0.2) is 69.7 Å². The Labute approximate surface area is 162 Å². The summed E-state index contributed by atoms with van der Waals surface area (Å²) in [6.45, 7) is 1.62. The summed E-state index contributed by atoms with van der Waals surface area (Å²) >= 11 is 0. The molecule has 1 aromatic rings. The van der Waals surface area contributed by atoms with E-state index in [-0.39, 0.29) is 18.1 Å². The van der Waals surface area contributed by atoms with E-state index in [0.29, 0.717) is 13.1 Å². The second-order valence-electron chi connectivity index (χ2n) is 7.75. The van der Waals surface area contributed by atoms with Gasteiger partial charge in [0, 0.05) is 45.5 Å². The van der Waals surface area contributed by atoms with Crippen LogP contribution < -0.4 is 10.2 Å². The van der Waals surface area contributed by atoms with E-state index >= 15 is 0 Å². The van der Waals surface area contributed by atoms with E-state index in [1.165, 1.54) is 10.6 Å². The quantitative estimate of drug-likeness (QED) is 0.848. The van der Waals surface area contributed by atoms with E-state index in [4.69, 9.17) is 0 Å². The van der Waals surface area contributed by atoms with Crippen LogP contribution in [-0.2, 0) is 10.0 Å². The lowest BCUT2D eigenvalue weighted by molar-refractivity contribution is 0.181. The summed E-state index contributed by atoms with van der Waals surface area (Å²) in [6, 6.07) is 8.16. The first-order valence-corrected chi connectivity index (χ1v) is 11.4. The van der Waals surface area contributed by atoms with Crippen LogP contribution in [0.3, 0.4) is 0 Å². The van der Waals surface area contributed by atoms with Crippen molar-refractivity contribution in [3.05, 3.63) is 29.8 Å². The maximum absolute atomic E-state index is 12.9. The minimum atomic E-state index is -3.22. The first kappa shape index (κ1) is 19.9. The molecule has 7 nitrogen and oxygen atoms in total. The molecule has 150 valence electrons. The number of hydrogen-bond acceptors (Lipinski definition) is 4. The zero-order valence-electron chi connectivity index (χ0n) is 16.4. The first-order chi connectivity index (χ1) is 12.8. The summed E-state index contributed by atoms with van der Waals surface area (Å²) in [4.78, 5) is 16.9. The summed E-state index contributed by atoms with van der Waals surface area (Å²) in [7, 11) is 0.801. The number of urea groups is 1. The average molecular weight is 395 g/mol. The summed E-state index contributed by atoms with van der Waals surface area (Å²) in [6.07, 6.45) is 4.74. The number of amides is 2. The highest BCUT2D eigenvalue weighted by Crippen LogP contribution is 2.33. The Morgan fingerprint density at radius 3 is 2.63 bits per heavy atom. The molecule has 0 spiro atoms. The Hall–Kier alpha value is -1.80. The number of carbonyl (C=O) groups excluding carboxylic acids is 1. The van der Waals surface area contributed by atoms with E-state index in [0.717, 1.165) is 43.5 Å². The summed E-state index contributed by atoms with van der Waals surface area (Å²) in [5.41, 5.74) is 2.27. The molecule has 2 atom stereocenters. The van der Waals surface area contributed by atoms with E-state index in [1.54, 1.807) is 0 Å². The van der Waals surface area contributed by atoms with Crippen molar-refractivity contribution in [3.8, 4) is 0 Å². The molecule has 3 rings (SSSR count). The summed E-state index contributed by atoms with van der Waals surface area (Å²) < 4.78 is 25.1. The topological polar surface area (TPSA) is 73.0 Å². The standard InChI is InChI=1S/C19H30N4O3S/c1-21(2)17-9-4-7-15(13-17)18-10-6-12-23(18)19(24)20-16-8-5-11-22(14-16)27(3,25)26/h4,7,9,13,16,18H,5-6,8,10-12,14H2,1-3H3,(H,20,24). The molecule has 2 aliphatic heterocycles. The largest absolute Gasteiger partial charge is 0.378 e. The zero-order chi connectivity index (χ0) is 19.6. The number of anilines is 1. The molecule has 0 aliphatic carbocycles. The van der Waals surface area contributed by atoms with Gasteiger partial charge in [-0.15, -0.1) is 0 Å². The fourth-order valence-electron chi connectivity index (χ4n) is 3.99. The van der Waals surface area contributed by atoms with Gasteiger partial charge in [0.2, 0.25) is 10.0 Å². The number of nitrogens with one attached hydrogen (secondary N) is 1. The molecule has 2 saturated heterocycles. The van der Waals surface area contributed by atoms with Gasteiger partial charge in [0.1, 0.15) is 0 Å². The van der Waals surface area contributed by atoms with Crippen LogP contribution in [0.4, 0.5) is 10.5 Å². The zero-order valence-corrected chi connectivity index (χ0v) is 17.2. The van der Waals surface area contributed by atoms with Gasteiger partial charge in [-0.05, 0) is 43.4 Å². The molecule has 0 saturated carbocycles. The molecule has 0 radical (unpaired) electrons. The van der Waals surface area contributed by atoms with Crippen LogP contribution in [0.1, 0.15) is 37.3 Å². The molecule has 1 aromatic carbocycles. The van der Waals surface area contributed by atoms with Gasteiger partial charge in [-0.1, -0.05) is 12.1 Å². The Kier molecular flexibility index (Phi) is 5.95. The lowest BCUT2D eigenvalue weighted by atomic mass is 10.0. The van der Waals surface area contributed by atoms with Gasteiger partial charge < -0.3 is 15.1 Å². The monoisotopic (exact) mass is 394 g/mol. The maximum Gasteiger partial charge on any atom is 0.318 e. The van der Waals surface area contributed by atoms with Crippen LogP contribution in [0, 0.1) is 0 Å². The molecule has 27 heavy (non-hydrogen) atoms. The lowest BCUT2D eigenvalue weighted by Crippen LogP contribution is -2.52. The molecule has 2 fully saturated rings. The number of nitrogens with zero attached hydrogens (tertiary/aromatic N) is 3. The first-order valence-electron chi connectivity index (χ1n) is 9.55. The van der Waals surface area contributed by atoms with Gasteiger partial charge in [-0.25, -0.2) is 17.5 Å². The average Bonchev–Trinajstić information content (AvgIpc) is 3.11. The maximum atomic E-state index is 12.9. The molecular formula is C19H30N4O3S. The van der Waals surface area contributed by atoms with Crippen molar-refractivity contribution in [1.82, 2.24) is 14.5 Å². The van der Waals surface area contributed by atoms with Crippen molar-refractivity contribution in [1.29, 1.82) is 0 Å². The number of hydrogen-bond donors (Lipinski definition) is 1. The molecule has 1 N–H and O–H groups in total. The predicted molar refractivity (Wildman–Crippen MR) is 107 cm³/mol. The Morgan fingerprint density at radius 1 is 1.19 bits per heavy atom. The van der Waals surface area contributed by atoms with Crippen LogP contribution in [0.2, 0.25) is 0 Å². The Morgan fingerprint density at radius 2 is 1.93 bits per heavy atom. The van der Waals surface area contributed by atoms with Crippen LogP contribution in [0.15, 0.2) is 24.3 Å². The highest BCUT2D eigenvalue weighted by atomic mass is 32.2. The molecule has 8 heteroatoms. The molecule has 0 aromatic heterocycles. The minimum Gasteiger partial charge on any atom is -0.378 e. The highest BCUT2D eigenvalue weighted by Gasteiger charge is 2.33. The fraction of sp³-hybridized carbons (Fsp3) is 0.632. The third kappa shape index (κ3) is 4.73. The van der Waals surface area contributed by atoms with Gasteiger partial charge in [0.15, 0.2) is 0 Å². The van der Waals surface area contributed by atoms with Crippen molar-refractivity contribution in [2.75, 3.05) is 44.9 Å². The third-order valence-corrected chi connectivity index (χ3v) is 6.74. The van der Waals surface area contributed by atoms with Gasteiger partial charge in [-0.3, -0.25) is 0 Å². The molecule has 2 aliphatic rings. The van der Waals surface area contributed by atoms with Crippen molar-refractivity contribution in [3.63, 3.8) is 0 Å². The van der Waals surface area contributed by atoms with Crippen molar-refractivity contribution in [2.24, 2.45) is 0 Å². The molecule has 2 amide bonds. The van der Waals surface area contributed by atoms with E-state index in [9.17, 15) is 13.2 Å². The Bertz CT molecular complexity index is 781. The van der Waals surface area contributed by atoms with Gasteiger partial charge in [0.05, 0.1) is 12.3 Å². The number of carbonyl (C=O) groups is 1. The number of sulfonamides is 1. The van der Waals surface area contributed by atoms with Gasteiger partial charge in [-0.2, -0.15) is 0 Å². The summed E-state index contributed by atoms with van der Waals surface area (Å²) in [5.74, 6) is 0. The smallest absolute Gasteiger partial charge is 0.318 e. The minimum absolute atomic E-state index is 0.0690. The van der Waals surface area contributed by atoms with E-state index in [2.05, 4.69) is 28.4 Å². The second-order valence-corrected chi connectivity index (χ2v) is 9.73. The SMILES string of the molecule is CN(C)c1cccc(C2CCCN2C(=O)NC2CCCN(S(C)(=O)=O)C2)c1. The number of rotatable bonds is 4. The van der Waals surface area contributed by atoms with Crippen LogP contribution in [0.5, 0.6) is 0 Å². The molecule has 2 unspecified atom stereocenters. The number of piperidine rings is 1.